The van der Waals surface area contributed by atoms with E-state index in [2.05, 4.69) is 25.2 Å². The van der Waals surface area contributed by atoms with Crippen molar-refractivity contribution >= 4 is 11.9 Å². The van der Waals surface area contributed by atoms with Gasteiger partial charge >= 0.3 is 6.01 Å². The van der Waals surface area contributed by atoms with Gasteiger partial charge in [-0.1, -0.05) is 30.3 Å². The van der Waals surface area contributed by atoms with Crippen molar-refractivity contribution < 1.29 is 9.53 Å². The average Bonchev–Trinajstić information content (AvgIpc) is 2.67. The van der Waals surface area contributed by atoms with Crippen molar-refractivity contribution in [3.8, 4) is 6.01 Å². The zero-order chi connectivity index (χ0) is 17.5. The number of nitrogens with one attached hydrogen (secondary N) is 1. The number of aromatic nitrogens is 3. The first-order valence-corrected chi connectivity index (χ1v) is 8.59. The number of piperidine rings is 1. The fourth-order valence-electron chi connectivity index (χ4n) is 2.81. The van der Waals surface area contributed by atoms with Crippen molar-refractivity contribution in [2.24, 2.45) is 0 Å². The average molecular weight is 341 g/mol. The first-order valence-electron chi connectivity index (χ1n) is 8.59. The Labute approximate surface area is 147 Å². The van der Waals surface area contributed by atoms with Crippen molar-refractivity contribution in [2.45, 2.75) is 32.2 Å². The summed E-state index contributed by atoms with van der Waals surface area (Å²) in [6.45, 7) is 2.13. The SMILES string of the molecule is COc1nc(CNC(=O)Cc2ccccc2)nc(N2CCCCC2)n1. The van der Waals surface area contributed by atoms with Gasteiger partial charge in [0, 0.05) is 13.1 Å². The second-order valence-electron chi connectivity index (χ2n) is 6.03. The maximum Gasteiger partial charge on any atom is 0.321 e. The Morgan fingerprint density at radius 2 is 1.88 bits per heavy atom. The minimum Gasteiger partial charge on any atom is -0.467 e. The molecule has 0 spiro atoms. The molecule has 2 aromatic rings. The van der Waals surface area contributed by atoms with Crippen LogP contribution in [0.25, 0.3) is 0 Å². The summed E-state index contributed by atoms with van der Waals surface area (Å²) >= 11 is 0. The molecule has 1 saturated heterocycles. The van der Waals surface area contributed by atoms with E-state index in [1.54, 1.807) is 0 Å². The number of carbonyl (C=O) groups is 1. The van der Waals surface area contributed by atoms with Gasteiger partial charge in [-0.05, 0) is 24.8 Å². The topological polar surface area (TPSA) is 80.2 Å². The Hall–Kier alpha value is -2.70. The third kappa shape index (κ3) is 4.89. The van der Waals surface area contributed by atoms with Gasteiger partial charge < -0.3 is 15.0 Å². The third-order valence-corrected chi connectivity index (χ3v) is 4.12. The molecule has 1 aliphatic rings. The lowest BCUT2D eigenvalue weighted by Gasteiger charge is -2.26. The zero-order valence-corrected chi connectivity index (χ0v) is 14.4. The fraction of sp³-hybridized carbons (Fsp3) is 0.444. The second kappa shape index (κ2) is 8.41. The molecule has 3 rings (SSSR count). The molecule has 132 valence electrons. The number of ether oxygens (including phenoxy) is 1. The van der Waals surface area contributed by atoms with Crippen molar-refractivity contribution in [3.63, 3.8) is 0 Å². The molecule has 1 amide bonds. The summed E-state index contributed by atoms with van der Waals surface area (Å²) in [5.41, 5.74) is 0.974. The lowest BCUT2D eigenvalue weighted by molar-refractivity contribution is -0.120. The van der Waals surface area contributed by atoms with Gasteiger partial charge in [0.1, 0.15) is 0 Å². The molecule has 2 heterocycles. The van der Waals surface area contributed by atoms with Crippen LogP contribution in [0.1, 0.15) is 30.7 Å². The van der Waals surface area contributed by atoms with Crippen molar-refractivity contribution in [3.05, 3.63) is 41.7 Å². The molecule has 25 heavy (non-hydrogen) atoms. The maximum atomic E-state index is 12.1. The van der Waals surface area contributed by atoms with E-state index in [4.69, 9.17) is 4.74 Å². The van der Waals surface area contributed by atoms with Crippen LogP contribution >= 0.6 is 0 Å². The highest BCUT2D eigenvalue weighted by Gasteiger charge is 2.16. The first-order chi connectivity index (χ1) is 12.2. The minimum absolute atomic E-state index is 0.0647. The van der Waals surface area contributed by atoms with Crippen LogP contribution in [0.5, 0.6) is 6.01 Å². The van der Waals surface area contributed by atoms with Crippen molar-refractivity contribution in [1.82, 2.24) is 20.3 Å². The lowest BCUT2D eigenvalue weighted by Crippen LogP contribution is -2.32. The van der Waals surface area contributed by atoms with E-state index in [-0.39, 0.29) is 18.5 Å². The molecule has 1 fully saturated rings. The predicted molar refractivity (Wildman–Crippen MR) is 94.4 cm³/mol. The summed E-state index contributed by atoms with van der Waals surface area (Å²) in [5.74, 6) is 1.07. The Kier molecular flexibility index (Phi) is 5.77. The molecular formula is C18H23N5O2. The number of amides is 1. The van der Waals surface area contributed by atoms with Crippen LogP contribution in [0.3, 0.4) is 0 Å². The number of methoxy groups -OCH3 is 1. The molecule has 7 nitrogen and oxygen atoms in total. The number of rotatable bonds is 6. The molecule has 0 unspecified atom stereocenters. The number of carbonyl (C=O) groups excluding carboxylic acids is 1. The summed E-state index contributed by atoms with van der Waals surface area (Å²) in [6.07, 6.45) is 3.84. The quantitative estimate of drug-likeness (QED) is 0.862. The monoisotopic (exact) mass is 341 g/mol. The van der Waals surface area contributed by atoms with Gasteiger partial charge in [0.05, 0.1) is 20.1 Å². The van der Waals surface area contributed by atoms with Crippen LogP contribution in [0.2, 0.25) is 0 Å². The molecule has 1 aliphatic heterocycles. The molecule has 0 radical (unpaired) electrons. The van der Waals surface area contributed by atoms with Gasteiger partial charge in [0.25, 0.3) is 0 Å². The normalized spacial score (nSPS) is 14.2. The summed E-state index contributed by atoms with van der Waals surface area (Å²) < 4.78 is 5.19. The van der Waals surface area contributed by atoms with Crippen LogP contribution in [0.15, 0.2) is 30.3 Å². The molecule has 0 bridgehead atoms. The zero-order valence-electron chi connectivity index (χ0n) is 14.4. The molecule has 7 heteroatoms. The highest BCUT2D eigenvalue weighted by atomic mass is 16.5. The summed E-state index contributed by atoms with van der Waals surface area (Å²) in [5, 5.41) is 2.86. The van der Waals surface area contributed by atoms with Crippen LogP contribution in [0, 0.1) is 0 Å². The van der Waals surface area contributed by atoms with Crippen LogP contribution in [0.4, 0.5) is 5.95 Å². The van der Waals surface area contributed by atoms with E-state index < -0.39 is 0 Å². The smallest absolute Gasteiger partial charge is 0.321 e. The molecule has 0 aliphatic carbocycles. The molecular weight excluding hydrogens is 318 g/mol. The van der Waals surface area contributed by atoms with E-state index >= 15 is 0 Å². The molecule has 1 N–H and O–H groups in total. The van der Waals surface area contributed by atoms with Gasteiger partial charge in [-0.15, -0.1) is 0 Å². The summed E-state index contributed by atoms with van der Waals surface area (Å²) in [4.78, 5) is 27.3. The van der Waals surface area contributed by atoms with Crippen molar-refractivity contribution in [1.29, 1.82) is 0 Å². The number of hydrogen-bond acceptors (Lipinski definition) is 6. The Bertz CT molecular complexity index is 702. The lowest BCUT2D eigenvalue weighted by atomic mass is 10.1. The van der Waals surface area contributed by atoms with Crippen LogP contribution in [-0.4, -0.2) is 41.1 Å². The van der Waals surface area contributed by atoms with Gasteiger partial charge in [0.15, 0.2) is 5.82 Å². The molecule has 1 aromatic carbocycles. The summed E-state index contributed by atoms with van der Waals surface area (Å²) in [6, 6.07) is 9.91. The number of benzene rings is 1. The maximum absolute atomic E-state index is 12.1. The van der Waals surface area contributed by atoms with E-state index in [0.29, 0.717) is 18.2 Å². The Balaban J connectivity index is 1.63. The van der Waals surface area contributed by atoms with E-state index in [1.165, 1.54) is 13.5 Å². The van der Waals surface area contributed by atoms with Gasteiger partial charge in [-0.25, -0.2) is 0 Å². The van der Waals surface area contributed by atoms with Gasteiger partial charge in [-0.2, -0.15) is 15.0 Å². The molecule has 1 aromatic heterocycles. The van der Waals surface area contributed by atoms with E-state index in [1.807, 2.05) is 30.3 Å². The van der Waals surface area contributed by atoms with E-state index in [9.17, 15) is 4.79 Å². The van der Waals surface area contributed by atoms with Gasteiger partial charge in [-0.3, -0.25) is 4.79 Å². The highest BCUT2D eigenvalue weighted by molar-refractivity contribution is 5.78. The number of anilines is 1. The molecule has 0 atom stereocenters. The Morgan fingerprint density at radius 1 is 1.12 bits per heavy atom. The van der Waals surface area contributed by atoms with E-state index in [0.717, 1.165) is 31.5 Å². The Morgan fingerprint density at radius 3 is 2.60 bits per heavy atom. The number of hydrogen-bond donors (Lipinski definition) is 1. The summed E-state index contributed by atoms with van der Waals surface area (Å²) in [7, 11) is 1.53. The largest absolute Gasteiger partial charge is 0.467 e. The predicted octanol–water partition coefficient (Wildman–Crippen LogP) is 1.73. The minimum atomic E-state index is -0.0647. The fourth-order valence-corrected chi connectivity index (χ4v) is 2.81. The van der Waals surface area contributed by atoms with Crippen molar-refractivity contribution in [2.75, 3.05) is 25.1 Å². The first kappa shape index (κ1) is 17.1. The molecule has 0 saturated carbocycles. The highest BCUT2D eigenvalue weighted by Crippen LogP contribution is 2.17. The third-order valence-electron chi connectivity index (χ3n) is 4.12. The van der Waals surface area contributed by atoms with Crippen LogP contribution < -0.4 is 15.0 Å². The number of nitrogens with zero attached hydrogens (tertiary/aromatic N) is 4. The van der Waals surface area contributed by atoms with Crippen LogP contribution in [-0.2, 0) is 17.8 Å². The standard InChI is InChI=1S/C18H23N5O2/c1-25-18-21-15(20-17(22-18)23-10-6-3-7-11-23)13-19-16(24)12-14-8-4-2-5-9-14/h2,4-5,8-9H,3,6-7,10-13H2,1H3,(H,19,24). The van der Waals surface area contributed by atoms with Gasteiger partial charge in [0.2, 0.25) is 11.9 Å². The second-order valence-corrected chi connectivity index (χ2v) is 6.03.